The van der Waals surface area contributed by atoms with Gasteiger partial charge < -0.3 is 15.2 Å². The van der Waals surface area contributed by atoms with Crippen molar-refractivity contribution in [2.75, 3.05) is 26.2 Å². The number of piperidine rings is 1. The lowest BCUT2D eigenvalue weighted by atomic mass is 9.97. The summed E-state index contributed by atoms with van der Waals surface area (Å²) in [6.45, 7) is 14.9. The van der Waals surface area contributed by atoms with Crippen LogP contribution in [-0.4, -0.2) is 53.2 Å². The van der Waals surface area contributed by atoms with Gasteiger partial charge in [0.25, 0.3) is 0 Å². The monoisotopic (exact) mass is 492 g/mol. The highest BCUT2D eigenvalue weighted by Gasteiger charge is 2.22. The van der Waals surface area contributed by atoms with Gasteiger partial charge in [0.05, 0.1) is 0 Å². The van der Waals surface area contributed by atoms with Crippen molar-refractivity contribution < 1.29 is 4.52 Å². The van der Waals surface area contributed by atoms with Crippen LogP contribution in [0.25, 0.3) is 0 Å². The Morgan fingerprint density at radius 2 is 2.04 bits per heavy atom. The van der Waals surface area contributed by atoms with Gasteiger partial charge in [-0.1, -0.05) is 39.3 Å². The molecule has 0 amide bonds. The van der Waals surface area contributed by atoms with E-state index in [2.05, 4.69) is 65.3 Å². The summed E-state index contributed by atoms with van der Waals surface area (Å²) in [5.41, 5.74) is -0.137. The molecular formula is C19H37IN6O. The minimum atomic E-state index is -0.137. The molecule has 8 heteroatoms. The average Bonchev–Trinajstić information content (AvgIpc) is 3.09. The fraction of sp³-hybridized carbons (Fsp3) is 0.842. The van der Waals surface area contributed by atoms with E-state index < -0.39 is 0 Å². The van der Waals surface area contributed by atoms with Gasteiger partial charge in [0.2, 0.25) is 5.89 Å². The van der Waals surface area contributed by atoms with E-state index in [4.69, 9.17) is 4.52 Å². The molecule has 2 rings (SSSR count). The zero-order valence-electron chi connectivity index (χ0n) is 17.5. The van der Waals surface area contributed by atoms with Crippen LogP contribution in [0.1, 0.15) is 72.0 Å². The van der Waals surface area contributed by atoms with Crippen molar-refractivity contribution in [2.45, 2.75) is 78.3 Å². The summed E-state index contributed by atoms with van der Waals surface area (Å²) in [5, 5.41) is 10.8. The van der Waals surface area contributed by atoms with E-state index in [1.807, 2.05) is 0 Å². The van der Waals surface area contributed by atoms with Crippen LogP contribution in [0.15, 0.2) is 9.52 Å². The Labute approximate surface area is 181 Å². The molecule has 1 aromatic rings. The molecule has 7 nitrogen and oxygen atoms in total. The van der Waals surface area contributed by atoms with Crippen molar-refractivity contribution in [3.05, 3.63) is 11.7 Å². The standard InChI is InChI=1S/C19H36N6O.HI/c1-6-15-10-8-9-12-25(15)13-11-21-18(20-7-2)22-14-16-23-17(26-24-16)19(3,4)5;/h15H,6-14H2,1-5H3,(H2,20,21,22);1H. The van der Waals surface area contributed by atoms with Gasteiger partial charge in [0.15, 0.2) is 11.8 Å². The first-order chi connectivity index (χ1) is 12.4. The van der Waals surface area contributed by atoms with Gasteiger partial charge in [-0.25, -0.2) is 4.99 Å². The third-order valence-corrected chi connectivity index (χ3v) is 4.74. The number of likely N-dealkylation sites (tertiary alicyclic amines) is 1. The second-order valence-corrected chi connectivity index (χ2v) is 7.98. The number of aromatic nitrogens is 2. The van der Waals surface area contributed by atoms with Crippen LogP contribution in [0.4, 0.5) is 0 Å². The normalized spacial score (nSPS) is 18.9. The predicted molar refractivity (Wildman–Crippen MR) is 121 cm³/mol. The van der Waals surface area contributed by atoms with E-state index >= 15 is 0 Å². The summed E-state index contributed by atoms with van der Waals surface area (Å²) in [5.74, 6) is 2.07. The number of aliphatic imine (C=N–C) groups is 1. The molecule has 2 heterocycles. The molecule has 0 aliphatic carbocycles. The maximum atomic E-state index is 5.33. The van der Waals surface area contributed by atoms with E-state index in [0.717, 1.165) is 31.6 Å². The molecule has 0 bridgehead atoms. The predicted octanol–water partition coefficient (Wildman–Crippen LogP) is 3.30. The maximum Gasteiger partial charge on any atom is 0.232 e. The average molecular weight is 492 g/mol. The maximum absolute atomic E-state index is 5.33. The molecule has 1 atom stereocenters. The Morgan fingerprint density at radius 1 is 1.26 bits per heavy atom. The molecule has 0 aromatic carbocycles. The van der Waals surface area contributed by atoms with Crippen molar-refractivity contribution >= 4 is 29.9 Å². The SMILES string of the molecule is CCNC(=NCc1noc(C(C)(C)C)n1)NCCN1CCCCC1CC.I. The molecule has 1 aromatic heterocycles. The van der Waals surface area contributed by atoms with E-state index in [1.54, 1.807) is 0 Å². The number of nitrogens with zero attached hydrogens (tertiary/aromatic N) is 4. The minimum absolute atomic E-state index is 0. The molecule has 1 unspecified atom stereocenters. The second-order valence-electron chi connectivity index (χ2n) is 7.98. The van der Waals surface area contributed by atoms with Crippen LogP contribution >= 0.6 is 24.0 Å². The molecule has 0 radical (unpaired) electrons. The van der Waals surface area contributed by atoms with Crippen LogP contribution in [0.3, 0.4) is 0 Å². The van der Waals surface area contributed by atoms with Gasteiger partial charge in [-0.2, -0.15) is 4.98 Å². The van der Waals surface area contributed by atoms with E-state index in [0.29, 0.717) is 18.3 Å². The molecule has 2 N–H and O–H groups in total. The Hall–Kier alpha value is -0.900. The fourth-order valence-electron chi connectivity index (χ4n) is 3.25. The van der Waals surface area contributed by atoms with Crippen molar-refractivity contribution in [3.63, 3.8) is 0 Å². The van der Waals surface area contributed by atoms with E-state index in [-0.39, 0.29) is 29.4 Å². The second kappa shape index (κ2) is 11.8. The van der Waals surface area contributed by atoms with Crippen LogP contribution in [-0.2, 0) is 12.0 Å². The molecule has 1 aliphatic heterocycles. The minimum Gasteiger partial charge on any atom is -0.357 e. The van der Waals surface area contributed by atoms with Crippen LogP contribution in [0.2, 0.25) is 0 Å². The van der Waals surface area contributed by atoms with Gasteiger partial charge in [-0.15, -0.1) is 24.0 Å². The molecule has 1 aliphatic rings. The molecule has 1 fully saturated rings. The summed E-state index contributed by atoms with van der Waals surface area (Å²) in [6, 6.07) is 0.736. The summed E-state index contributed by atoms with van der Waals surface area (Å²) in [7, 11) is 0. The molecular weight excluding hydrogens is 455 g/mol. The van der Waals surface area contributed by atoms with Gasteiger partial charge in [-0.3, -0.25) is 4.90 Å². The van der Waals surface area contributed by atoms with Gasteiger partial charge in [0, 0.05) is 31.1 Å². The summed E-state index contributed by atoms with van der Waals surface area (Å²) in [6.07, 6.45) is 5.26. The first-order valence-corrected chi connectivity index (χ1v) is 10.0. The lowest BCUT2D eigenvalue weighted by molar-refractivity contribution is 0.147. The molecule has 27 heavy (non-hydrogen) atoms. The van der Waals surface area contributed by atoms with Crippen molar-refractivity contribution in [3.8, 4) is 0 Å². The van der Waals surface area contributed by atoms with Crippen molar-refractivity contribution in [2.24, 2.45) is 4.99 Å². The highest BCUT2D eigenvalue weighted by atomic mass is 127. The number of halogens is 1. The fourth-order valence-corrected chi connectivity index (χ4v) is 3.25. The zero-order valence-corrected chi connectivity index (χ0v) is 19.9. The third kappa shape index (κ3) is 7.93. The topological polar surface area (TPSA) is 78.6 Å². The molecule has 0 spiro atoms. The molecule has 156 valence electrons. The highest BCUT2D eigenvalue weighted by molar-refractivity contribution is 14.0. The number of hydrogen-bond donors (Lipinski definition) is 2. The van der Waals surface area contributed by atoms with E-state index in [1.165, 1.54) is 32.2 Å². The summed E-state index contributed by atoms with van der Waals surface area (Å²) >= 11 is 0. The van der Waals surface area contributed by atoms with Gasteiger partial charge in [0.1, 0.15) is 6.54 Å². The highest BCUT2D eigenvalue weighted by Crippen LogP contribution is 2.20. The Bertz CT molecular complexity index is 569. The summed E-state index contributed by atoms with van der Waals surface area (Å²) < 4.78 is 5.33. The lowest BCUT2D eigenvalue weighted by Gasteiger charge is -2.35. The van der Waals surface area contributed by atoms with Gasteiger partial charge in [-0.05, 0) is 32.7 Å². The lowest BCUT2D eigenvalue weighted by Crippen LogP contribution is -2.45. The molecule has 0 saturated carbocycles. The van der Waals surface area contributed by atoms with Gasteiger partial charge >= 0.3 is 0 Å². The molecule has 1 saturated heterocycles. The number of rotatable bonds is 7. The Balaban J connectivity index is 0.00000364. The first-order valence-electron chi connectivity index (χ1n) is 10.0. The van der Waals surface area contributed by atoms with Crippen LogP contribution in [0.5, 0.6) is 0 Å². The number of guanidine groups is 1. The Kier molecular flexibility index (Phi) is 10.6. The quantitative estimate of drug-likeness (QED) is 0.346. The zero-order chi connectivity index (χ0) is 19.0. The third-order valence-electron chi connectivity index (χ3n) is 4.74. The first kappa shape index (κ1) is 24.1. The Morgan fingerprint density at radius 3 is 2.67 bits per heavy atom. The van der Waals surface area contributed by atoms with E-state index in [9.17, 15) is 0 Å². The van der Waals surface area contributed by atoms with Crippen molar-refractivity contribution in [1.29, 1.82) is 0 Å². The van der Waals surface area contributed by atoms with Crippen LogP contribution < -0.4 is 10.6 Å². The number of nitrogens with one attached hydrogen (secondary N) is 2. The smallest absolute Gasteiger partial charge is 0.232 e. The van der Waals surface area contributed by atoms with Crippen LogP contribution in [0, 0.1) is 0 Å². The van der Waals surface area contributed by atoms with Crippen molar-refractivity contribution in [1.82, 2.24) is 25.7 Å². The summed E-state index contributed by atoms with van der Waals surface area (Å²) in [4.78, 5) is 11.6. The largest absolute Gasteiger partial charge is 0.357 e. The number of hydrogen-bond acceptors (Lipinski definition) is 5.